The van der Waals surface area contributed by atoms with E-state index in [1.807, 2.05) is 24.4 Å². The smallest absolute Gasteiger partial charge is 0.319 e. The van der Waals surface area contributed by atoms with Crippen molar-refractivity contribution in [2.24, 2.45) is 0 Å². The Morgan fingerprint density at radius 1 is 1.44 bits per heavy atom. The number of benzene rings is 1. The van der Waals surface area contributed by atoms with Crippen LogP contribution in [0.25, 0.3) is 0 Å². The minimum absolute atomic E-state index is 0.00279. The summed E-state index contributed by atoms with van der Waals surface area (Å²) in [5.41, 5.74) is 2.07. The summed E-state index contributed by atoms with van der Waals surface area (Å²) in [6, 6.07) is 4.83. The van der Waals surface area contributed by atoms with Gasteiger partial charge in [-0.05, 0) is 12.1 Å². The fourth-order valence-electron chi connectivity index (χ4n) is 2.28. The second kappa shape index (κ2) is 6.98. The van der Waals surface area contributed by atoms with Crippen LogP contribution in [-0.2, 0) is 11.3 Å². The van der Waals surface area contributed by atoms with E-state index in [1.165, 1.54) is 16.2 Å². The molecule has 0 atom stereocenters. The molecule has 1 aliphatic rings. The minimum atomic E-state index is -0.334. The van der Waals surface area contributed by atoms with E-state index >= 15 is 0 Å². The summed E-state index contributed by atoms with van der Waals surface area (Å²) in [4.78, 5) is 31.5. The van der Waals surface area contributed by atoms with Gasteiger partial charge in [0.05, 0.1) is 17.9 Å². The predicted molar refractivity (Wildman–Crippen MR) is 97.6 cm³/mol. The van der Waals surface area contributed by atoms with Crippen molar-refractivity contribution in [3.63, 3.8) is 0 Å². The van der Waals surface area contributed by atoms with Crippen LogP contribution in [0.2, 0.25) is 0 Å². The maximum Gasteiger partial charge on any atom is 0.319 e. The van der Waals surface area contributed by atoms with Crippen LogP contribution < -0.4 is 25.2 Å². The van der Waals surface area contributed by atoms with Crippen molar-refractivity contribution in [3.8, 4) is 5.75 Å². The highest BCUT2D eigenvalue weighted by atomic mass is 32.1. The summed E-state index contributed by atoms with van der Waals surface area (Å²) >= 11 is 1.52. The van der Waals surface area contributed by atoms with Crippen molar-refractivity contribution in [1.29, 1.82) is 0 Å². The van der Waals surface area contributed by atoms with Gasteiger partial charge >= 0.3 is 6.03 Å². The van der Waals surface area contributed by atoms with Crippen molar-refractivity contribution >= 4 is 39.8 Å². The van der Waals surface area contributed by atoms with Gasteiger partial charge < -0.3 is 25.2 Å². The second-order valence-corrected chi connectivity index (χ2v) is 6.58. The summed E-state index contributed by atoms with van der Waals surface area (Å²) < 4.78 is 5.41. The fraction of sp³-hybridized carbons (Fsp3) is 0.312. The molecule has 2 N–H and O–H groups in total. The average Bonchev–Trinajstić information content (AvgIpc) is 3.06. The lowest BCUT2D eigenvalue weighted by molar-refractivity contribution is -0.120. The Bertz CT molecular complexity index is 805. The maximum atomic E-state index is 12.0. The van der Waals surface area contributed by atoms with Gasteiger partial charge in [-0.25, -0.2) is 9.78 Å². The lowest BCUT2D eigenvalue weighted by Crippen LogP contribution is -2.35. The number of hydrogen-bond donors (Lipinski definition) is 2. The quantitative estimate of drug-likeness (QED) is 0.868. The number of carbonyl (C=O) groups excluding carboxylic acids is 2. The number of thiazole rings is 1. The first-order valence-corrected chi connectivity index (χ1v) is 8.52. The number of nitrogens with zero attached hydrogens (tertiary/aromatic N) is 3. The topological polar surface area (TPSA) is 86.8 Å². The Hall–Kier alpha value is -2.81. The highest BCUT2D eigenvalue weighted by Crippen LogP contribution is 2.33. The third kappa shape index (κ3) is 3.82. The number of urea groups is 1. The summed E-state index contributed by atoms with van der Waals surface area (Å²) in [6.45, 7) is 0.339. The van der Waals surface area contributed by atoms with E-state index in [-0.39, 0.29) is 18.5 Å². The molecule has 0 saturated carbocycles. The SMILES string of the molecule is CN(C)c1nc(CNC(=O)Nc2ccc3c(c2)OCC(=O)N3C)cs1. The Morgan fingerprint density at radius 3 is 2.96 bits per heavy atom. The van der Waals surface area contributed by atoms with Gasteiger partial charge in [0.1, 0.15) is 5.75 Å². The van der Waals surface area contributed by atoms with Gasteiger partial charge in [-0.15, -0.1) is 11.3 Å². The molecule has 1 aromatic heterocycles. The van der Waals surface area contributed by atoms with E-state index < -0.39 is 0 Å². The summed E-state index contributed by atoms with van der Waals surface area (Å²) in [5.74, 6) is 0.460. The van der Waals surface area contributed by atoms with Gasteiger partial charge in [0.15, 0.2) is 11.7 Å². The number of ether oxygens (including phenoxy) is 1. The van der Waals surface area contributed by atoms with E-state index in [2.05, 4.69) is 15.6 Å². The number of fused-ring (bicyclic) bond motifs is 1. The lowest BCUT2D eigenvalue weighted by atomic mass is 10.2. The van der Waals surface area contributed by atoms with E-state index in [4.69, 9.17) is 4.74 Å². The summed E-state index contributed by atoms with van der Waals surface area (Å²) in [7, 11) is 5.54. The standard InChI is InChI=1S/C16H19N5O3S/c1-20(2)16-19-11(9-25-16)7-17-15(23)18-10-4-5-12-13(6-10)24-8-14(22)21(12)3/h4-6,9H,7-8H2,1-3H3,(H2,17,18,23). The lowest BCUT2D eigenvalue weighted by Gasteiger charge is -2.26. The van der Waals surface area contributed by atoms with Crippen LogP contribution in [0.15, 0.2) is 23.6 Å². The van der Waals surface area contributed by atoms with Gasteiger partial charge in [0, 0.05) is 38.3 Å². The Labute approximate surface area is 149 Å². The molecule has 1 aliphatic heterocycles. The first kappa shape index (κ1) is 17.0. The molecule has 2 heterocycles. The zero-order valence-corrected chi connectivity index (χ0v) is 15.0. The third-order valence-corrected chi connectivity index (χ3v) is 4.71. The largest absolute Gasteiger partial charge is 0.481 e. The second-order valence-electron chi connectivity index (χ2n) is 5.75. The molecule has 9 heteroatoms. The van der Waals surface area contributed by atoms with E-state index in [0.29, 0.717) is 23.7 Å². The molecule has 3 amide bonds. The van der Waals surface area contributed by atoms with Crippen molar-refractivity contribution in [2.45, 2.75) is 6.54 Å². The molecule has 8 nitrogen and oxygen atoms in total. The van der Waals surface area contributed by atoms with Gasteiger partial charge in [-0.1, -0.05) is 0 Å². The number of amides is 3. The van der Waals surface area contributed by atoms with Gasteiger partial charge in [0.2, 0.25) is 0 Å². The zero-order valence-electron chi connectivity index (χ0n) is 14.2. The molecular weight excluding hydrogens is 342 g/mol. The number of likely N-dealkylation sites (N-methyl/N-ethyl adjacent to an activating group) is 1. The Morgan fingerprint density at radius 2 is 2.24 bits per heavy atom. The first-order chi connectivity index (χ1) is 11.9. The molecule has 1 aromatic carbocycles. The summed E-state index contributed by atoms with van der Waals surface area (Å²) in [6.07, 6.45) is 0. The molecule has 2 aromatic rings. The van der Waals surface area contributed by atoms with Crippen LogP contribution in [-0.4, -0.2) is 44.7 Å². The summed E-state index contributed by atoms with van der Waals surface area (Å²) in [5, 5.41) is 8.32. The number of rotatable bonds is 4. The number of hydrogen-bond acceptors (Lipinski definition) is 6. The molecule has 0 bridgehead atoms. The monoisotopic (exact) mass is 361 g/mol. The van der Waals surface area contributed by atoms with E-state index in [0.717, 1.165) is 10.8 Å². The number of nitrogens with one attached hydrogen (secondary N) is 2. The first-order valence-electron chi connectivity index (χ1n) is 7.64. The number of carbonyl (C=O) groups is 2. The average molecular weight is 361 g/mol. The fourth-order valence-corrected chi connectivity index (χ4v) is 3.04. The van der Waals surface area contributed by atoms with Gasteiger partial charge in [-0.2, -0.15) is 0 Å². The van der Waals surface area contributed by atoms with Crippen LogP contribution in [0.3, 0.4) is 0 Å². The Balaban J connectivity index is 1.58. The molecule has 0 spiro atoms. The number of aromatic nitrogens is 1. The molecule has 0 unspecified atom stereocenters. The molecular formula is C16H19N5O3S. The highest BCUT2D eigenvalue weighted by Gasteiger charge is 2.22. The minimum Gasteiger partial charge on any atom is -0.481 e. The highest BCUT2D eigenvalue weighted by molar-refractivity contribution is 7.13. The Kier molecular flexibility index (Phi) is 4.75. The van der Waals surface area contributed by atoms with Crippen molar-refractivity contribution in [2.75, 3.05) is 42.9 Å². The maximum absolute atomic E-state index is 12.0. The molecule has 3 rings (SSSR count). The molecule has 0 saturated heterocycles. The molecule has 0 fully saturated rings. The zero-order chi connectivity index (χ0) is 18.0. The van der Waals surface area contributed by atoms with Crippen LogP contribution in [0.5, 0.6) is 5.75 Å². The van der Waals surface area contributed by atoms with Crippen molar-refractivity contribution in [3.05, 3.63) is 29.3 Å². The van der Waals surface area contributed by atoms with E-state index in [1.54, 1.807) is 25.2 Å². The normalized spacial score (nSPS) is 13.1. The van der Waals surface area contributed by atoms with Crippen molar-refractivity contribution in [1.82, 2.24) is 10.3 Å². The van der Waals surface area contributed by atoms with Gasteiger partial charge in [0.25, 0.3) is 5.91 Å². The van der Waals surface area contributed by atoms with Crippen LogP contribution in [0.1, 0.15) is 5.69 Å². The number of anilines is 3. The molecule has 0 aliphatic carbocycles. The van der Waals surface area contributed by atoms with Gasteiger partial charge in [-0.3, -0.25) is 4.79 Å². The third-order valence-electron chi connectivity index (χ3n) is 3.66. The molecule has 132 valence electrons. The van der Waals surface area contributed by atoms with Crippen LogP contribution >= 0.6 is 11.3 Å². The van der Waals surface area contributed by atoms with Crippen molar-refractivity contribution < 1.29 is 14.3 Å². The molecule has 0 radical (unpaired) electrons. The van der Waals surface area contributed by atoms with E-state index in [9.17, 15) is 9.59 Å². The van der Waals surface area contributed by atoms with Crippen LogP contribution in [0, 0.1) is 0 Å². The van der Waals surface area contributed by atoms with Crippen LogP contribution in [0.4, 0.5) is 21.3 Å². The predicted octanol–water partition coefficient (Wildman–Crippen LogP) is 1.89. The molecule has 25 heavy (non-hydrogen) atoms.